The first kappa shape index (κ1) is 32.4. The zero-order chi connectivity index (χ0) is 38.7. The van der Waals surface area contributed by atoms with E-state index in [0.717, 1.165) is 61.1 Å². The van der Waals surface area contributed by atoms with Crippen LogP contribution >= 0.6 is 0 Å². The molecule has 0 amide bonds. The first-order chi connectivity index (χ1) is 29.2. The van der Waals surface area contributed by atoms with Crippen molar-refractivity contribution in [1.82, 2.24) is 0 Å². The number of fused-ring (bicyclic) bond motifs is 10. The highest BCUT2D eigenvalue weighted by Crippen LogP contribution is 2.61. The van der Waals surface area contributed by atoms with Crippen molar-refractivity contribution in [2.24, 2.45) is 0 Å². The fraction of sp³-hybridized carbons (Fsp3) is 0.0175. The fourth-order valence-corrected chi connectivity index (χ4v) is 10.4. The minimum Gasteiger partial charge on any atom is -0.456 e. The van der Waals surface area contributed by atoms with Gasteiger partial charge in [0.25, 0.3) is 0 Å². The Kier molecular flexibility index (Phi) is 6.68. The summed E-state index contributed by atoms with van der Waals surface area (Å²) in [5.74, 6) is 1.79. The molecule has 0 N–H and O–H groups in total. The molecule has 0 bridgehead atoms. The maximum Gasteiger partial charge on any atom is 0.136 e. The summed E-state index contributed by atoms with van der Waals surface area (Å²) >= 11 is 0. The van der Waals surface area contributed by atoms with Crippen molar-refractivity contribution in [3.05, 3.63) is 229 Å². The molecule has 0 atom stereocenters. The van der Waals surface area contributed by atoms with Gasteiger partial charge in [-0.3, -0.25) is 0 Å². The minimum atomic E-state index is -0.621. The van der Waals surface area contributed by atoms with Crippen molar-refractivity contribution in [3.63, 3.8) is 0 Å². The number of furan rings is 1. The molecule has 11 aromatic rings. The van der Waals surface area contributed by atoms with Gasteiger partial charge >= 0.3 is 0 Å². The summed E-state index contributed by atoms with van der Waals surface area (Å²) in [6, 6.07) is 75.3. The third-order valence-corrected chi connectivity index (χ3v) is 12.9. The number of benzene rings is 10. The van der Waals surface area contributed by atoms with Crippen LogP contribution in [0.5, 0.6) is 11.5 Å². The molecule has 0 saturated carbocycles. The second-order valence-electron chi connectivity index (χ2n) is 15.9. The Morgan fingerprint density at radius 1 is 0.356 bits per heavy atom. The summed E-state index contributed by atoms with van der Waals surface area (Å²) in [6.45, 7) is 0. The largest absolute Gasteiger partial charge is 0.456 e. The van der Waals surface area contributed by atoms with Crippen LogP contribution in [-0.4, -0.2) is 0 Å². The van der Waals surface area contributed by atoms with E-state index < -0.39 is 5.41 Å². The second kappa shape index (κ2) is 12.2. The van der Waals surface area contributed by atoms with Gasteiger partial charge in [0.1, 0.15) is 22.7 Å². The Hall–Kier alpha value is -7.68. The highest BCUT2D eigenvalue weighted by Gasteiger charge is 2.48. The third-order valence-electron chi connectivity index (χ3n) is 12.9. The molecule has 2 heteroatoms. The molecule has 59 heavy (non-hydrogen) atoms. The zero-order valence-corrected chi connectivity index (χ0v) is 31.9. The number of rotatable bonds is 4. The monoisotopic (exact) mass is 750 g/mol. The standard InChI is InChI=1S/C57H34O2/c1-3-16-40(17-4-1)57(41-18-5-2-6-19-41)49-33-37(36-27-30-51-48(31-36)45-22-11-14-35-15-12-24-52(58-51)54(35)45)25-29-46(49)55-47(32-38-13-7-8-20-42(38)56(55)57)39-26-28-44-43-21-9-10-23-50(43)59-53(44)34-39/h1-34H. The van der Waals surface area contributed by atoms with Crippen LogP contribution in [0.25, 0.3) is 88.0 Å². The van der Waals surface area contributed by atoms with E-state index >= 15 is 0 Å². The van der Waals surface area contributed by atoms with E-state index in [2.05, 4.69) is 200 Å². The summed E-state index contributed by atoms with van der Waals surface area (Å²) in [6.07, 6.45) is 0. The lowest BCUT2D eigenvalue weighted by Gasteiger charge is -2.35. The van der Waals surface area contributed by atoms with Crippen molar-refractivity contribution in [3.8, 4) is 56.0 Å². The molecule has 1 aliphatic heterocycles. The molecule has 10 aromatic carbocycles. The van der Waals surface area contributed by atoms with E-state index in [1.54, 1.807) is 0 Å². The SMILES string of the molecule is c1ccc(C2(c3ccccc3)c3cc(-c4ccc5c(c4)-c4cccc6cccc(c46)O5)ccc3-c3c(-c4ccc5c(c4)oc4ccccc45)cc4ccccc4c32)cc1. The van der Waals surface area contributed by atoms with Crippen LogP contribution in [0.1, 0.15) is 22.3 Å². The lowest BCUT2D eigenvalue weighted by Crippen LogP contribution is -2.29. The van der Waals surface area contributed by atoms with Gasteiger partial charge in [-0.1, -0.05) is 158 Å². The Labute approximate surface area is 341 Å². The van der Waals surface area contributed by atoms with Gasteiger partial charge < -0.3 is 9.15 Å². The summed E-state index contributed by atoms with van der Waals surface area (Å²) in [5, 5.41) is 7.07. The maximum atomic E-state index is 6.54. The van der Waals surface area contributed by atoms with Gasteiger partial charge in [-0.25, -0.2) is 0 Å². The van der Waals surface area contributed by atoms with E-state index in [4.69, 9.17) is 9.15 Å². The van der Waals surface area contributed by atoms with Gasteiger partial charge in [0.2, 0.25) is 0 Å². The van der Waals surface area contributed by atoms with Gasteiger partial charge in [-0.05, 0) is 126 Å². The first-order valence-corrected chi connectivity index (χ1v) is 20.3. The van der Waals surface area contributed by atoms with Gasteiger partial charge in [-0.15, -0.1) is 0 Å². The van der Waals surface area contributed by atoms with E-state index in [-0.39, 0.29) is 0 Å². The molecule has 13 rings (SSSR count). The van der Waals surface area contributed by atoms with Crippen LogP contribution in [0, 0.1) is 0 Å². The fourth-order valence-electron chi connectivity index (χ4n) is 10.4. The molecule has 2 heterocycles. The number of hydrogen-bond acceptors (Lipinski definition) is 2. The van der Waals surface area contributed by atoms with Crippen LogP contribution in [0.4, 0.5) is 0 Å². The van der Waals surface area contributed by atoms with Crippen molar-refractivity contribution in [2.75, 3.05) is 0 Å². The number of ether oxygens (including phenoxy) is 1. The average molecular weight is 751 g/mol. The molecule has 274 valence electrons. The van der Waals surface area contributed by atoms with Gasteiger partial charge in [-0.2, -0.15) is 0 Å². The number of para-hydroxylation sites is 1. The van der Waals surface area contributed by atoms with Crippen LogP contribution in [0.3, 0.4) is 0 Å². The molecule has 0 unspecified atom stereocenters. The molecule has 2 nitrogen and oxygen atoms in total. The van der Waals surface area contributed by atoms with Crippen molar-refractivity contribution in [1.29, 1.82) is 0 Å². The smallest absolute Gasteiger partial charge is 0.136 e. The maximum absolute atomic E-state index is 6.54. The van der Waals surface area contributed by atoms with E-state index in [0.29, 0.717) is 0 Å². The van der Waals surface area contributed by atoms with E-state index in [1.807, 2.05) is 6.07 Å². The van der Waals surface area contributed by atoms with E-state index in [9.17, 15) is 0 Å². The molecule has 2 aliphatic rings. The Morgan fingerprint density at radius 3 is 1.85 bits per heavy atom. The lowest BCUT2D eigenvalue weighted by molar-refractivity contribution is 0.487. The van der Waals surface area contributed by atoms with Gasteiger partial charge in [0.15, 0.2) is 0 Å². The quantitative estimate of drug-likeness (QED) is 0.179. The summed E-state index contributed by atoms with van der Waals surface area (Å²) in [5.41, 5.74) is 15.7. The van der Waals surface area contributed by atoms with Crippen molar-refractivity contribution >= 4 is 43.5 Å². The first-order valence-electron chi connectivity index (χ1n) is 20.3. The topological polar surface area (TPSA) is 22.4 Å². The van der Waals surface area contributed by atoms with Gasteiger partial charge in [0.05, 0.1) is 5.41 Å². The van der Waals surface area contributed by atoms with Crippen LogP contribution in [0.15, 0.2) is 211 Å². The summed E-state index contributed by atoms with van der Waals surface area (Å²) in [7, 11) is 0. The van der Waals surface area contributed by atoms with Crippen molar-refractivity contribution in [2.45, 2.75) is 5.41 Å². The molecule has 1 aliphatic carbocycles. The summed E-state index contributed by atoms with van der Waals surface area (Å²) < 4.78 is 13.0. The number of hydrogen-bond donors (Lipinski definition) is 0. The zero-order valence-electron chi connectivity index (χ0n) is 31.9. The molecule has 0 fully saturated rings. The Balaban J connectivity index is 1.12. The second-order valence-corrected chi connectivity index (χ2v) is 15.9. The summed E-state index contributed by atoms with van der Waals surface area (Å²) in [4.78, 5) is 0. The normalized spacial score (nSPS) is 13.4. The predicted octanol–water partition coefficient (Wildman–Crippen LogP) is 15.4. The van der Waals surface area contributed by atoms with Gasteiger partial charge in [0, 0.05) is 21.7 Å². The lowest BCUT2D eigenvalue weighted by atomic mass is 9.66. The molecular formula is C57H34O2. The molecular weight excluding hydrogens is 717 g/mol. The van der Waals surface area contributed by atoms with Crippen molar-refractivity contribution < 1.29 is 9.15 Å². The Bertz CT molecular complexity index is 3480. The molecule has 0 saturated heterocycles. The van der Waals surface area contributed by atoms with Crippen LogP contribution in [0.2, 0.25) is 0 Å². The van der Waals surface area contributed by atoms with E-state index in [1.165, 1.54) is 60.7 Å². The minimum absolute atomic E-state index is 0.621. The highest BCUT2D eigenvalue weighted by molar-refractivity contribution is 6.10. The predicted molar refractivity (Wildman–Crippen MR) is 242 cm³/mol. The third kappa shape index (κ3) is 4.51. The van der Waals surface area contributed by atoms with Crippen LogP contribution in [-0.2, 0) is 5.41 Å². The Morgan fingerprint density at radius 2 is 1.02 bits per heavy atom. The molecule has 1 aromatic heterocycles. The molecule has 0 radical (unpaired) electrons. The average Bonchev–Trinajstić information content (AvgIpc) is 3.83. The highest BCUT2D eigenvalue weighted by atomic mass is 16.5. The van der Waals surface area contributed by atoms with Crippen LogP contribution < -0.4 is 4.74 Å². The molecule has 0 spiro atoms.